The van der Waals surface area contributed by atoms with Gasteiger partial charge in [-0.3, -0.25) is 14.5 Å². The Hall–Kier alpha value is -3.17. The third-order valence-corrected chi connectivity index (χ3v) is 5.84. The van der Waals surface area contributed by atoms with Gasteiger partial charge in [0.1, 0.15) is 11.8 Å². The number of hydrogen-bond donors (Lipinski definition) is 0. The largest absolute Gasteiger partial charge is 0.497 e. The fraction of sp³-hybridized carbons (Fsp3) is 0.400. The molecule has 0 aromatic heterocycles. The zero-order chi connectivity index (χ0) is 22.2. The molecule has 0 radical (unpaired) electrons. The van der Waals surface area contributed by atoms with E-state index >= 15 is 0 Å². The molecule has 1 amide bonds. The van der Waals surface area contributed by atoms with Crippen molar-refractivity contribution in [2.75, 3.05) is 33.3 Å². The molecule has 162 valence electrons. The highest BCUT2D eigenvalue weighted by Gasteiger charge is 2.27. The highest BCUT2D eigenvalue weighted by atomic mass is 16.5. The summed E-state index contributed by atoms with van der Waals surface area (Å²) in [6.45, 7) is 4.45. The summed E-state index contributed by atoms with van der Waals surface area (Å²) in [5, 5.41) is 9.68. The smallest absolute Gasteiger partial charge is 0.223 e. The first-order valence-electron chi connectivity index (χ1n) is 10.7. The number of methoxy groups -OCH3 is 1. The average Bonchev–Trinajstić information content (AvgIpc) is 2.83. The maximum atomic E-state index is 12.6. The highest BCUT2D eigenvalue weighted by molar-refractivity contribution is 5.98. The highest BCUT2D eigenvalue weighted by Crippen LogP contribution is 2.24. The van der Waals surface area contributed by atoms with E-state index in [1.165, 1.54) is 5.56 Å². The van der Waals surface area contributed by atoms with Crippen molar-refractivity contribution in [3.63, 3.8) is 0 Å². The Labute approximate surface area is 184 Å². The number of aryl methyl sites for hydroxylation is 1. The number of hydrogen-bond acceptors (Lipinski definition) is 5. The van der Waals surface area contributed by atoms with Crippen LogP contribution >= 0.6 is 0 Å². The van der Waals surface area contributed by atoms with Crippen molar-refractivity contribution in [1.82, 2.24) is 9.80 Å². The van der Waals surface area contributed by atoms with E-state index < -0.39 is 0 Å². The second-order valence-corrected chi connectivity index (χ2v) is 7.70. The minimum absolute atomic E-state index is 0.00121. The Kier molecular flexibility index (Phi) is 7.80. The lowest BCUT2D eigenvalue weighted by atomic mass is 10.0. The summed E-state index contributed by atoms with van der Waals surface area (Å²) < 4.78 is 5.18. The molecule has 3 rings (SSSR count). The van der Waals surface area contributed by atoms with Crippen molar-refractivity contribution >= 4 is 11.7 Å². The van der Waals surface area contributed by atoms with Crippen molar-refractivity contribution in [3.8, 4) is 11.8 Å². The third kappa shape index (κ3) is 5.71. The van der Waals surface area contributed by atoms with Crippen LogP contribution in [0.2, 0.25) is 0 Å². The Morgan fingerprint density at radius 1 is 1.00 bits per heavy atom. The van der Waals surface area contributed by atoms with Crippen LogP contribution in [-0.4, -0.2) is 54.8 Å². The second kappa shape index (κ2) is 10.7. The standard InChI is InChI=1S/C25H29N3O3/c1-3-19-4-6-21(7-5-19)24(29)12-13-25(30)28-16-14-27(15-17-28)23(18-26)20-8-10-22(31-2)11-9-20/h4-11,23H,3,12-17H2,1-2H3. The average molecular weight is 420 g/mol. The first-order chi connectivity index (χ1) is 15.0. The van der Waals surface area contributed by atoms with Gasteiger partial charge in [0, 0.05) is 44.6 Å². The van der Waals surface area contributed by atoms with E-state index in [1.807, 2.05) is 48.5 Å². The molecule has 0 saturated carbocycles. The van der Waals surface area contributed by atoms with Gasteiger partial charge < -0.3 is 9.64 Å². The molecule has 0 N–H and O–H groups in total. The van der Waals surface area contributed by atoms with Crippen molar-refractivity contribution in [2.45, 2.75) is 32.2 Å². The number of amides is 1. The molecule has 1 saturated heterocycles. The van der Waals surface area contributed by atoms with Gasteiger partial charge in [0.2, 0.25) is 5.91 Å². The van der Waals surface area contributed by atoms with Gasteiger partial charge in [0.05, 0.1) is 13.2 Å². The monoisotopic (exact) mass is 419 g/mol. The van der Waals surface area contributed by atoms with Crippen LogP contribution in [0.3, 0.4) is 0 Å². The summed E-state index contributed by atoms with van der Waals surface area (Å²) in [6, 6.07) is 17.1. The maximum absolute atomic E-state index is 12.6. The number of carbonyl (C=O) groups is 2. The molecule has 1 unspecified atom stereocenters. The Morgan fingerprint density at radius 2 is 1.65 bits per heavy atom. The predicted molar refractivity (Wildman–Crippen MR) is 119 cm³/mol. The molecule has 1 aliphatic rings. The van der Waals surface area contributed by atoms with Crippen LogP contribution in [0.25, 0.3) is 0 Å². The molecule has 0 bridgehead atoms. The number of carbonyl (C=O) groups excluding carboxylic acids is 2. The van der Waals surface area contributed by atoms with Crippen LogP contribution < -0.4 is 4.74 Å². The Bertz CT molecular complexity index is 924. The number of ether oxygens (including phenoxy) is 1. The molecule has 1 aliphatic heterocycles. The van der Waals surface area contributed by atoms with Crippen LogP contribution in [0.4, 0.5) is 0 Å². The van der Waals surface area contributed by atoms with Gasteiger partial charge in [-0.1, -0.05) is 43.3 Å². The van der Waals surface area contributed by atoms with Crippen molar-refractivity contribution in [2.24, 2.45) is 0 Å². The zero-order valence-electron chi connectivity index (χ0n) is 18.2. The van der Waals surface area contributed by atoms with E-state index in [-0.39, 0.29) is 30.6 Å². The molecule has 1 fully saturated rings. The second-order valence-electron chi connectivity index (χ2n) is 7.70. The van der Waals surface area contributed by atoms with Crippen LogP contribution in [0, 0.1) is 11.3 Å². The summed E-state index contributed by atoms with van der Waals surface area (Å²) in [5.74, 6) is 0.751. The first kappa shape index (κ1) is 22.5. The molecule has 6 heteroatoms. The van der Waals surface area contributed by atoms with Crippen LogP contribution in [-0.2, 0) is 11.2 Å². The molecular formula is C25H29N3O3. The van der Waals surface area contributed by atoms with Gasteiger partial charge in [0.15, 0.2) is 5.78 Å². The van der Waals surface area contributed by atoms with E-state index in [2.05, 4.69) is 17.9 Å². The number of piperazine rings is 1. The van der Waals surface area contributed by atoms with Crippen molar-refractivity contribution in [1.29, 1.82) is 5.26 Å². The lowest BCUT2D eigenvalue weighted by Gasteiger charge is -2.37. The number of nitrogens with zero attached hydrogens (tertiary/aromatic N) is 3. The minimum Gasteiger partial charge on any atom is -0.497 e. The molecule has 6 nitrogen and oxygen atoms in total. The third-order valence-electron chi connectivity index (χ3n) is 5.84. The predicted octanol–water partition coefficient (Wildman–Crippen LogP) is 3.63. The van der Waals surface area contributed by atoms with E-state index in [1.54, 1.807) is 12.0 Å². The van der Waals surface area contributed by atoms with Gasteiger partial charge in [-0.25, -0.2) is 0 Å². The fourth-order valence-corrected chi connectivity index (χ4v) is 3.83. The van der Waals surface area contributed by atoms with E-state index in [9.17, 15) is 14.9 Å². The quantitative estimate of drug-likeness (QED) is 0.611. The number of Topliss-reactive ketones (excluding diaryl/α,β-unsaturated/α-hetero) is 1. The molecular weight excluding hydrogens is 390 g/mol. The molecule has 0 spiro atoms. The molecule has 0 aliphatic carbocycles. The topological polar surface area (TPSA) is 73.6 Å². The van der Waals surface area contributed by atoms with E-state index in [0.717, 1.165) is 17.7 Å². The molecule has 1 heterocycles. The summed E-state index contributed by atoms with van der Waals surface area (Å²) >= 11 is 0. The van der Waals surface area contributed by atoms with Gasteiger partial charge in [-0.15, -0.1) is 0 Å². The van der Waals surface area contributed by atoms with Gasteiger partial charge in [0.25, 0.3) is 0 Å². The summed E-state index contributed by atoms with van der Waals surface area (Å²) in [4.78, 5) is 28.9. The minimum atomic E-state index is -0.351. The lowest BCUT2D eigenvalue weighted by molar-refractivity contribution is -0.133. The maximum Gasteiger partial charge on any atom is 0.223 e. The normalized spacial score (nSPS) is 15.2. The van der Waals surface area contributed by atoms with Crippen molar-refractivity contribution in [3.05, 3.63) is 65.2 Å². The van der Waals surface area contributed by atoms with Crippen LogP contribution in [0.1, 0.15) is 47.3 Å². The molecule has 2 aromatic rings. The number of nitriles is 1. The van der Waals surface area contributed by atoms with Crippen LogP contribution in [0.5, 0.6) is 5.75 Å². The SMILES string of the molecule is CCc1ccc(C(=O)CCC(=O)N2CCN(C(C#N)c3ccc(OC)cc3)CC2)cc1. The van der Waals surface area contributed by atoms with Gasteiger partial charge >= 0.3 is 0 Å². The number of rotatable bonds is 8. The molecule has 1 atom stereocenters. The summed E-state index contributed by atoms with van der Waals surface area (Å²) in [6.07, 6.45) is 1.37. The number of benzene rings is 2. The van der Waals surface area contributed by atoms with Crippen molar-refractivity contribution < 1.29 is 14.3 Å². The molecule has 2 aromatic carbocycles. The van der Waals surface area contributed by atoms with Gasteiger partial charge in [-0.2, -0.15) is 5.26 Å². The fourth-order valence-electron chi connectivity index (χ4n) is 3.83. The van der Waals surface area contributed by atoms with Gasteiger partial charge in [-0.05, 0) is 29.7 Å². The summed E-state index contributed by atoms with van der Waals surface area (Å²) in [7, 11) is 1.61. The summed E-state index contributed by atoms with van der Waals surface area (Å²) in [5.41, 5.74) is 2.77. The first-order valence-corrected chi connectivity index (χ1v) is 10.7. The lowest BCUT2D eigenvalue weighted by Crippen LogP contribution is -2.49. The Balaban J connectivity index is 1.49. The van der Waals surface area contributed by atoms with Crippen LogP contribution in [0.15, 0.2) is 48.5 Å². The van der Waals surface area contributed by atoms with E-state index in [0.29, 0.717) is 31.7 Å². The van der Waals surface area contributed by atoms with E-state index in [4.69, 9.17) is 4.74 Å². The molecule has 31 heavy (non-hydrogen) atoms. The Morgan fingerprint density at radius 3 is 2.19 bits per heavy atom. The zero-order valence-corrected chi connectivity index (χ0v) is 18.2. The number of ketones is 1.